The second kappa shape index (κ2) is 15.0. The molecule has 0 heterocycles. The van der Waals surface area contributed by atoms with Gasteiger partial charge in [0.25, 0.3) is 0 Å². The van der Waals surface area contributed by atoms with Crippen LogP contribution in [0.25, 0.3) is 0 Å². The van der Waals surface area contributed by atoms with Crippen molar-refractivity contribution in [2.24, 2.45) is 28.1 Å². The topological polar surface area (TPSA) is 255 Å². The number of carbonyl (C=O) groups excluding carboxylic acids is 3. The predicted octanol–water partition coefficient (Wildman–Crippen LogP) is -3.29. The van der Waals surface area contributed by atoms with Crippen molar-refractivity contribution in [2.45, 2.75) is 83.3 Å². The molecule has 3 amide bonds. The normalized spacial score (nSPS) is 16.4. The molecule has 0 aromatic heterocycles. The number of amides is 3. The number of rotatable bonds is 15. The first-order valence-corrected chi connectivity index (χ1v) is 11.0. The van der Waals surface area contributed by atoms with E-state index in [2.05, 4.69) is 20.9 Å². The molecule has 12 N–H and O–H groups in total. The Morgan fingerprint density at radius 2 is 1.41 bits per heavy atom. The molecule has 6 unspecified atom stereocenters. The lowest BCUT2D eigenvalue weighted by Crippen LogP contribution is -2.60. The summed E-state index contributed by atoms with van der Waals surface area (Å²) < 4.78 is 0. The second-order valence-electron chi connectivity index (χ2n) is 8.53. The molecule has 0 spiro atoms. The Labute approximate surface area is 198 Å². The molecular formula is C20H39N7O7. The molecule has 6 atom stereocenters. The molecule has 0 aliphatic heterocycles. The summed E-state index contributed by atoms with van der Waals surface area (Å²) in [4.78, 5) is 53.1. The maximum absolute atomic E-state index is 12.8. The standard InChI is InChI=1S/C20H39N7O7/c1-9(2)8-13(19(33)34)26-16(30)12(6-5-7-24-20(22)23)25-18(32)15(11(4)29)27-17(31)14(21)10(3)28/h9-15,28-29H,5-8,21H2,1-4H3,(H,25,32)(H,26,30)(H,27,31)(H,33,34)(H4,22,23,24). The van der Waals surface area contributed by atoms with Gasteiger partial charge in [0.15, 0.2) is 5.96 Å². The monoisotopic (exact) mass is 489 g/mol. The van der Waals surface area contributed by atoms with Gasteiger partial charge in [-0.2, -0.15) is 0 Å². The number of carboxylic acids is 1. The summed E-state index contributed by atoms with van der Waals surface area (Å²) in [6, 6.07) is -5.23. The van der Waals surface area contributed by atoms with Crippen LogP contribution in [0.5, 0.6) is 0 Å². The third kappa shape index (κ3) is 11.8. The van der Waals surface area contributed by atoms with E-state index in [0.29, 0.717) is 0 Å². The number of aliphatic carboxylic acids is 1. The minimum atomic E-state index is -1.49. The summed E-state index contributed by atoms with van der Waals surface area (Å²) in [7, 11) is 0. The minimum absolute atomic E-state index is 0.0238. The molecule has 0 aromatic carbocycles. The number of nitrogens with zero attached hydrogens (tertiary/aromatic N) is 1. The molecule has 14 heteroatoms. The molecule has 196 valence electrons. The van der Waals surface area contributed by atoms with Gasteiger partial charge in [-0.3, -0.25) is 19.4 Å². The van der Waals surface area contributed by atoms with Crippen molar-refractivity contribution < 1.29 is 34.5 Å². The average molecular weight is 490 g/mol. The van der Waals surface area contributed by atoms with Crippen LogP contribution >= 0.6 is 0 Å². The zero-order chi connectivity index (χ0) is 26.6. The summed E-state index contributed by atoms with van der Waals surface area (Å²) in [5.74, 6) is -3.95. The van der Waals surface area contributed by atoms with Crippen LogP contribution in [0.2, 0.25) is 0 Å². The van der Waals surface area contributed by atoms with Crippen LogP contribution in [0.4, 0.5) is 0 Å². The molecule has 0 aromatic rings. The third-order valence-corrected chi connectivity index (χ3v) is 4.79. The Morgan fingerprint density at radius 3 is 1.85 bits per heavy atom. The minimum Gasteiger partial charge on any atom is -0.480 e. The molecule has 0 fully saturated rings. The van der Waals surface area contributed by atoms with E-state index in [9.17, 15) is 34.5 Å². The molecule has 34 heavy (non-hydrogen) atoms. The van der Waals surface area contributed by atoms with Crippen molar-refractivity contribution in [1.29, 1.82) is 0 Å². The smallest absolute Gasteiger partial charge is 0.326 e. The van der Waals surface area contributed by atoms with Gasteiger partial charge in [0, 0.05) is 6.54 Å². The largest absolute Gasteiger partial charge is 0.480 e. The number of carbonyl (C=O) groups is 4. The first-order chi connectivity index (χ1) is 15.7. The van der Waals surface area contributed by atoms with Crippen LogP contribution in [-0.2, 0) is 19.2 Å². The van der Waals surface area contributed by atoms with Crippen LogP contribution in [0, 0.1) is 5.92 Å². The van der Waals surface area contributed by atoms with E-state index in [1.165, 1.54) is 13.8 Å². The van der Waals surface area contributed by atoms with Gasteiger partial charge in [0.2, 0.25) is 17.7 Å². The van der Waals surface area contributed by atoms with Crippen LogP contribution < -0.4 is 33.2 Å². The van der Waals surface area contributed by atoms with E-state index in [0.717, 1.165) is 0 Å². The van der Waals surface area contributed by atoms with Crippen molar-refractivity contribution in [1.82, 2.24) is 16.0 Å². The highest BCUT2D eigenvalue weighted by Crippen LogP contribution is 2.08. The zero-order valence-electron chi connectivity index (χ0n) is 20.0. The van der Waals surface area contributed by atoms with Crippen LogP contribution in [-0.4, -0.2) is 87.9 Å². The fourth-order valence-corrected chi connectivity index (χ4v) is 2.87. The van der Waals surface area contributed by atoms with E-state index in [4.69, 9.17) is 17.2 Å². The summed E-state index contributed by atoms with van der Waals surface area (Å²) >= 11 is 0. The van der Waals surface area contributed by atoms with Gasteiger partial charge in [-0.1, -0.05) is 13.8 Å². The summed E-state index contributed by atoms with van der Waals surface area (Å²) in [6.07, 6.45) is -2.12. The van der Waals surface area contributed by atoms with Crippen molar-refractivity contribution in [3.63, 3.8) is 0 Å². The zero-order valence-corrected chi connectivity index (χ0v) is 20.0. The van der Waals surface area contributed by atoms with E-state index in [1.807, 2.05) is 0 Å². The highest BCUT2D eigenvalue weighted by atomic mass is 16.4. The highest BCUT2D eigenvalue weighted by molar-refractivity contribution is 5.94. The molecule has 0 rings (SSSR count). The molecule has 0 aliphatic rings. The second-order valence-corrected chi connectivity index (χ2v) is 8.53. The number of nitrogens with two attached hydrogens (primary N) is 3. The van der Waals surface area contributed by atoms with Gasteiger partial charge in [0.05, 0.1) is 12.2 Å². The van der Waals surface area contributed by atoms with E-state index >= 15 is 0 Å². The number of hydrogen-bond donors (Lipinski definition) is 9. The molecule has 14 nitrogen and oxygen atoms in total. The Morgan fingerprint density at radius 1 is 0.853 bits per heavy atom. The van der Waals surface area contributed by atoms with Gasteiger partial charge >= 0.3 is 5.97 Å². The molecule has 0 bridgehead atoms. The number of nitrogens with one attached hydrogen (secondary N) is 3. The number of hydrogen-bond acceptors (Lipinski definition) is 8. The van der Waals surface area contributed by atoms with Crippen molar-refractivity contribution in [3.8, 4) is 0 Å². The lowest BCUT2D eigenvalue weighted by molar-refractivity contribution is -0.143. The van der Waals surface area contributed by atoms with E-state index < -0.39 is 60.1 Å². The summed E-state index contributed by atoms with van der Waals surface area (Å²) in [6.45, 7) is 6.27. The van der Waals surface area contributed by atoms with Crippen LogP contribution in [0.3, 0.4) is 0 Å². The van der Waals surface area contributed by atoms with E-state index in [-0.39, 0.29) is 37.7 Å². The van der Waals surface area contributed by atoms with Crippen molar-refractivity contribution in [3.05, 3.63) is 0 Å². The Balaban J connectivity index is 5.58. The Kier molecular flexibility index (Phi) is 13.7. The average Bonchev–Trinajstić information content (AvgIpc) is 2.71. The van der Waals surface area contributed by atoms with E-state index in [1.54, 1.807) is 13.8 Å². The first-order valence-electron chi connectivity index (χ1n) is 11.0. The number of aliphatic imine (C=N–C) groups is 1. The maximum atomic E-state index is 12.8. The van der Waals surface area contributed by atoms with Gasteiger partial charge in [-0.15, -0.1) is 0 Å². The summed E-state index contributed by atoms with van der Waals surface area (Å²) in [5.41, 5.74) is 16.1. The van der Waals surface area contributed by atoms with Crippen LogP contribution in [0.1, 0.15) is 47.0 Å². The lowest BCUT2D eigenvalue weighted by atomic mass is 10.0. The number of guanidine groups is 1. The molecule has 0 saturated heterocycles. The van der Waals surface area contributed by atoms with Gasteiger partial charge in [-0.25, -0.2) is 4.79 Å². The highest BCUT2D eigenvalue weighted by Gasteiger charge is 2.33. The first kappa shape index (κ1) is 31.0. The SMILES string of the molecule is CC(C)CC(NC(=O)C(CCCN=C(N)N)NC(=O)C(NC(=O)C(N)C(C)O)C(C)O)C(=O)O. The molecule has 0 saturated carbocycles. The quantitative estimate of drug-likeness (QED) is 0.0629. The Hall–Kier alpha value is -2.97. The number of aliphatic hydroxyl groups excluding tert-OH is 2. The van der Waals surface area contributed by atoms with Gasteiger partial charge < -0.3 is 48.5 Å². The van der Waals surface area contributed by atoms with Crippen molar-refractivity contribution in [2.75, 3.05) is 6.54 Å². The lowest BCUT2D eigenvalue weighted by Gasteiger charge is -2.27. The maximum Gasteiger partial charge on any atom is 0.326 e. The van der Waals surface area contributed by atoms with Crippen molar-refractivity contribution >= 4 is 29.7 Å². The summed E-state index contributed by atoms with van der Waals surface area (Å²) in [5, 5.41) is 35.9. The number of aliphatic hydroxyl groups is 2. The van der Waals surface area contributed by atoms with Gasteiger partial charge in [0.1, 0.15) is 24.2 Å². The number of carboxylic acid groups (broad SMARTS) is 1. The third-order valence-electron chi connectivity index (χ3n) is 4.79. The fourth-order valence-electron chi connectivity index (χ4n) is 2.87. The van der Waals surface area contributed by atoms with Gasteiger partial charge in [-0.05, 0) is 39.0 Å². The molecule has 0 radical (unpaired) electrons. The molecular weight excluding hydrogens is 450 g/mol. The van der Waals surface area contributed by atoms with Crippen LogP contribution in [0.15, 0.2) is 4.99 Å². The molecule has 0 aliphatic carbocycles. The Bertz CT molecular complexity index is 724. The predicted molar refractivity (Wildman–Crippen MR) is 124 cm³/mol. The fraction of sp³-hybridized carbons (Fsp3) is 0.750.